The quantitative estimate of drug-likeness (QED) is 0.457. The number of rotatable bonds is 5. The maximum Gasteiger partial charge on any atom is 0.259 e. The van der Waals surface area contributed by atoms with Crippen molar-refractivity contribution in [3.8, 4) is 0 Å². The molecule has 3 amide bonds. The molecular weight excluding hydrogens is 442 g/mol. The number of nitrogens with one attached hydrogen (secondary N) is 2. The Kier molecular flexibility index (Phi) is 5.21. The lowest BCUT2D eigenvalue weighted by molar-refractivity contribution is -0.134. The summed E-state index contributed by atoms with van der Waals surface area (Å²) in [5, 5.41) is 7.81. The van der Waals surface area contributed by atoms with Crippen LogP contribution in [0.3, 0.4) is 0 Å². The highest BCUT2D eigenvalue weighted by molar-refractivity contribution is 6.27. The van der Waals surface area contributed by atoms with E-state index in [9.17, 15) is 14.4 Å². The zero-order valence-corrected chi connectivity index (χ0v) is 19.5. The van der Waals surface area contributed by atoms with E-state index in [0.29, 0.717) is 30.0 Å². The van der Waals surface area contributed by atoms with E-state index in [4.69, 9.17) is 10.7 Å². The molecule has 3 heterocycles. The topological polar surface area (TPSA) is 117 Å². The third-order valence-corrected chi connectivity index (χ3v) is 7.86. The molecule has 2 aromatic carbocycles. The standard InChI is InChI=1S/C27H29N5O3/c28-14-16(15-29-18-8-11-30-27(13-18)9-10-27)12-17-4-5-21-24-19(17)2-1-3-20(24)26(35)32(21)22-6-7-23(33)31-25(22)34/h1-5,14-15,18,22,30H,6-13,28H2,(H,31,33,34)/t18-,22?/m1/s1. The van der Waals surface area contributed by atoms with Gasteiger partial charge in [-0.3, -0.25) is 29.6 Å². The van der Waals surface area contributed by atoms with Crippen LogP contribution in [0.15, 0.2) is 47.1 Å². The van der Waals surface area contributed by atoms with Crippen molar-refractivity contribution in [2.75, 3.05) is 11.4 Å². The molecule has 1 unspecified atom stereocenters. The van der Waals surface area contributed by atoms with Gasteiger partial charge in [-0.25, -0.2) is 0 Å². The monoisotopic (exact) mass is 471 g/mol. The average molecular weight is 472 g/mol. The number of carbonyl (C=O) groups excluding carboxylic acids is 3. The van der Waals surface area contributed by atoms with E-state index < -0.39 is 11.9 Å². The Morgan fingerprint density at radius 1 is 1.17 bits per heavy atom. The number of aliphatic imine (C=N–C) groups is 1. The summed E-state index contributed by atoms with van der Waals surface area (Å²) in [5.41, 5.74) is 9.60. The van der Waals surface area contributed by atoms with Gasteiger partial charge in [0.05, 0.1) is 11.7 Å². The number of allylic oxidation sites excluding steroid dienone is 1. The van der Waals surface area contributed by atoms with Crippen LogP contribution >= 0.6 is 0 Å². The Balaban J connectivity index is 1.28. The van der Waals surface area contributed by atoms with Crippen LogP contribution in [0.5, 0.6) is 0 Å². The molecule has 2 saturated heterocycles. The second-order valence-corrected chi connectivity index (χ2v) is 10.2. The molecule has 1 aliphatic carbocycles. The highest BCUT2D eigenvalue weighted by Crippen LogP contribution is 2.43. The van der Waals surface area contributed by atoms with Gasteiger partial charge in [-0.1, -0.05) is 18.2 Å². The molecule has 35 heavy (non-hydrogen) atoms. The summed E-state index contributed by atoms with van der Waals surface area (Å²) in [6.07, 6.45) is 9.28. The van der Waals surface area contributed by atoms with Crippen LogP contribution in [-0.2, 0) is 16.0 Å². The number of benzene rings is 2. The van der Waals surface area contributed by atoms with Crippen LogP contribution in [0, 0.1) is 0 Å². The molecule has 0 aromatic heterocycles. The van der Waals surface area contributed by atoms with Gasteiger partial charge in [0, 0.05) is 35.5 Å². The van der Waals surface area contributed by atoms with Crippen molar-refractivity contribution in [3.63, 3.8) is 0 Å². The van der Waals surface area contributed by atoms with Crippen LogP contribution in [0.1, 0.15) is 54.4 Å². The SMILES string of the molecule is NC=C(C=N[C@@H]1CCNC2(CC2)C1)Cc1ccc2c3c(cccc13)C(=O)N2C1CCC(=O)NC1=O. The third-order valence-electron chi connectivity index (χ3n) is 7.86. The Morgan fingerprint density at radius 3 is 2.80 bits per heavy atom. The first-order valence-corrected chi connectivity index (χ1v) is 12.4. The normalized spacial score (nSPS) is 25.7. The zero-order chi connectivity index (χ0) is 24.2. The predicted octanol–water partition coefficient (Wildman–Crippen LogP) is 2.35. The van der Waals surface area contributed by atoms with Gasteiger partial charge in [-0.15, -0.1) is 0 Å². The molecule has 8 heteroatoms. The van der Waals surface area contributed by atoms with E-state index >= 15 is 0 Å². The minimum atomic E-state index is -0.687. The van der Waals surface area contributed by atoms with Gasteiger partial charge >= 0.3 is 0 Å². The third kappa shape index (κ3) is 3.82. The zero-order valence-electron chi connectivity index (χ0n) is 19.5. The van der Waals surface area contributed by atoms with Crippen LogP contribution in [0.25, 0.3) is 10.8 Å². The summed E-state index contributed by atoms with van der Waals surface area (Å²) in [6, 6.07) is 9.23. The summed E-state index contributed by atoms with van der Waals surface area (Å²) >= 11 is 0. The fraction of sp³-hybridized carbons (Fsp3) is 0.407. The van der Waals surface area contributed by atoms with Gasteiger partial charge in [-0.05, 0) is 73.5 Å². The molecule has 4 N–H and O–H groups in total. The molecule has 1 spiro atoms. The fourth-order valence-electron chi connectivity index (χ4n) is 5.82. The maximum atomic E-state index is 13.3. The van der Waals surface area contributed by atoms with E-state index in [-0.39, 0.29) is 18.2 Å². The Hall–Kier alpha value is -3.52. The summed E-state index contributed by atoms with van der Waals surface area (Å²) in [5.74, 6) is -0.918. The largest absolute Gasteiger partial charge is 0.404 e. The van der Waals surface area contributed by atoms with Gasteiger partial charge in [0.1, 0.15) is 6.04 Å². The molecule has 8 nitrogen and oxygen atoms in total. The van der Waals surface area contributed by atoms with Gasteiger partial charge in [0.2, 0.25) is 11.8 Å². The lowest BCUT2D eigenvalue weighted by atomic mass is 9.96. The fourth-order valence-corrected chi connectivity index (χ4v) is 5.82. The smallest absolute Gasteiger partial charge is 0.259 e. The number of anilines is 1. The molecule has 180 valence electrons. The van der Waals surface area contributed by atoms with Crippen molar-refractivity contribution in [1.82, 2.24) is 10.6 Å². The molecule has 4 aliphatic rings. The summed E-state index contributed by atoms with van der Waals surface area (Å²) < 4.78 is 0. The minimum absolute atomic E-state index is 0.201. The second kappa shape index (κ2) is 8.30. The molecule has 2 aromatic rings. The average Bonchev–Trinajstić information content (AvgIpc) is 3.54. The van der Waals surface area contributed by atoms with Crippen molar-refractivity contribution < 1.29 is 14.4 Å². The van der Waals surface area contributed by atoms with E-state index in [2.05, 4.69) is 10.6 Å². The lowest BCUT2D eigenvalue weighted by Gasteiger charge is -2.30. The highest BCUT2D eigenvalue weighted by atomic mass is 16.2. The van der Waals surface area contributed by atoms with Crippen molar-refractivity contribution in [1.29, 1.82) is 0 Å². The number of nitrogens with zero attached hydrogens (tertiary/aromatic N) is 2. The molecule has 0 bridgehead atoms. The maximum absolute atomic E-state index is 13.3. The first-order valence-electron chi connectivity index (χ1n) is 12.4. The number of carbonyl (C=O) groups is 3. The number of hydrogen-bond acceptors (Lipinski definition) is 6. The molecule has 3 fully saturated rings. The van der Waals surface area contributed by atoms with Crippen molar-refractivity contribution >= 4 is 40.4 Å². The van der Waals surface area contributed by atoms with Crippen LogP contribution in [0.2, 0.25) is 0 Å². The summed E-state index contributed by atoms with van der Waals surface area (Å²) in [7, 11) is 0. The van der Waals surface area contributed by atoms with Gasteiger partial charge in [0.15, 0.2) is 0 Å². The van der Waals surface area contributed by atoms with Gasteiger partial charge < -0.3 is 11.1 Å². The highest BCUT2D eigenvalue weighted by Gasteiger charge is 2.45. The van der Waals surface area contributed by atoms with Gasteiger partial charge in [0.25, 0.3) is 5.91 Å². The van der Waals surface area contributed by atoms with E-state index in [0.717, 1.165) is 47.0 Å². The van der Waals surface area contributed by atoms with E-state index in [1.165, 1.54) is 12.8 Å². The molecule has 3 aliphatic heterocycles. The first-order chi connectivity index (χ1) is 17.0. The molecule has 0 radical (unpaired) electrons. The second-order valence-electron chi connectivity index (χ2n) is 10.2. The minimum Gasteiger partial charge on any atom is -0.404 e. The number of amides is 3. The number of imide groups is 1. The Morgan fingerprint density at radius 2 is 2.03 bits per heavy atom. The van der Waals surface area contributed by atoms with E-state index in [1.807, 2.05) is 30.5 Å². The summed E-state index contributed by atoms with van der Waals surface area (Å²) in [6.45, 7) is 1.01. The molecular formula is C27H29N5O3. The Bertz CT molecular complexity index is 1310. The van der Waals surface area contributed by atoms with Crippen LogP contribution < -0.4 is 21.3 Å². The lowest BCUT2D eigenvalue weighted by Crippen LogP contribution is -2.53. The van der Waals surface area contributed by atoms with Crippen LogP contribution in [0.4, 0.5) is 5.69 Å². The van der Waals surface area contributed by atoms with Gasteiger partial charge in [-0.2, -0.15) is 0 Å². The number of hydrogen-bond donors (Lipinski definition) is 3. The predicted molar refractivity (Wildman–Crippen MR) is 134 cm³/mol. The van der Waals surface area contributed by atoms with Crippen molar-refractivity contribution in [2.45, 2.75) is 62.6 Å². The van der Waals surface area contributed by atoms with Crippen molar-refractivity contribution in [3.05, 3.63) is 53.2 Å². The van der Waals surface area contributed by atoms with Crippen LogP contribution in [-0.4, -0.2) is 48.1 Å². The summed E-state index contributed by atoms with van der Waals surface area (Å²) in [4.78, 5) is 43.9. The molecule has 2 atom stereocenters. The molecule has 6 rings (SSSR count). The number of nitrogens with two attached hydrogens (primary N) is 1. The first kappa shape index (κ1) is 22.0. The Labute approximate surface area is 203 Å². The molecule has 1 saturated carbocycles. The number of piperidine rings is 2. The van der Waals surface area contributed by atoms with Crippen molar-refractivity contribution in [2.24, 2.45) is 10.7 Å². The van der Waals surface area contributed by atoms with E-state index in [1.54, 1.807) is 17.2 Å².